The molecule has 24 heavy (non-hydrogen) atoms. The molecule has 1 aromatic heterocycles. The van der Waals surface area contributed by atoms with Crippen LogP contribution in [0.15, 0.2) is 42.7 Å². The lowest BCUT2D eigenvalue weighted by Gasteiger charge is -2.34. The monoisotopic (exact) mass is 327 g/mol. The van der Waals surface area contributed by atoms with Gasteiger partial charge in [0.05, 0.1) is 19.3 Å². The van der Waals surface area contributed by atoms with Crippen molar-refractivity contribution in [2.45, 2.75) is 0 Å². The zero-order valence-electron chi connectivity index (χ0n) is 13.7. The van der Waals surface area contributed by atoms with Gasteiger partial charge in [-0.1, -0.05) is 12.1 Å². The molecule has 1 fully saturated rings. The number of aromatic nitrogens is 2. The molecule has 0 spiro atoms. The molecule has 1 saturated heterocycles. The first-order chi connectivity index (χ1) is 11.8. The van der Waals surface area contributed by atoms with Gasteiger partial charge in [-0.05, 0) is 18.2 Å². The molecule has 0 atom stereocenters. The van der Waals surface area contributed by atoms with Crippen LogP contribution in [0.5, 0.6) is 5.75 Å². The second-order valence-electron chi connectivity index (χ2n) is 5.56. The number of rotatable bonds is 5. The van der Waals surface area contributed by atoms with E-state index in [1.807, 2.05) is 30.3 Å². The van der Waals surface area contributed by atoms with Gasteiger partial charge in [0.15, 0.2) is 0 Å². The molecule has 0 saturated carbocycles. The highest BCUT2D eigenvalue weighted by atomic mass is 16.5. The van der Waals surface area contributed by atoms with Crippen LogP contribution in [0.3, 0.4) is 0 Å². The van der Waals surface area contributed by atoms with Crippen LogP contribution in [-0.2, 0) is 4.79 Å². The van der Waals surface area contributed by atoms with Crippen molar-refractivity contribution in [1.29, 1.82) is 0 Å². The van der Waals surface area contributed by atoms with E-state index in [0.29, 0.717) is 18.0 Å². The molecule has 126 valence electrons. The topological polar surface area (TPSA) is 70.6 Å². The lowest BCUT2D eigenvalue weighted by Crippen LogP contribution is -2.49. The van der Waals surface area contributed by atoms with Crippen LogP contribution in [0.4, 0.5) is 11.6 Å². The number of amides is 1. The predicted octanol–water partition coefficient (Wildman–Crippen LogP) is 1.25. The molecule has 1 aromatic carbocycles. The Bertz CT molecular complexity index is 672. The van der Waals surface area contributed by atoms with E-state index in [1.165, 1.54) is 0 Å². The molecule has 3 rings (SSSR count). The maximum Gasteiger partial charge on any atom is 0.238 e. The van der Waals surface area contributed by atoms with E-state index in [2.05, 4.69) is 25.1 Å². The average Bonchev–Trinajstić information content (AvgIpc) is 2.63. The van der Waals surface area contributed by atoms with Crippen LogP contribution in [0.1, 0.15) is 0 Å². The number of nitrogens with zero attached hydrogens (tertiary/aromatic N) is 4. The minimum atomic E-state index is -0.0380. The lowest BCUT2D eigenvalue weighted by molar-refractivity contribution is -0.117. The Morgan fingerprint density at radius 3 is 2.54 bits per heavy atom. The molecule has 2 aromatic rings. The average molecular weight is 327 g/mol. The van der Waals surface area contributed by atoms with Gasteiger partial charge in [-0.15, -0.1) is 0 Å². The standard InChI is InChI=1S/C17H21N5O2/c1-24-15-6-3-2-5-14(15)20-16(23)13-21-9-11-22(12-10-21)17-18-7-4-8-19-17/h2-8H,9-13H2,1H3,(H,20,23). The summed E-state index contributed by atoms with van der Waals surface area (Å²) >= 11 is 0. The number of ether oxygens (including phenoxy) is 1. The van der Waals surface area contributed by atoms with Crippen LogP contribution in [-0.4, -0.2) is 60.6 Å². The van der Waals surface area contributed by atoms with E-state index in [1.54, 1.807) is 19.5 Å². The zero-order chi connectivity index (χ0) is 16.8. The number of nitrogens with one attached hydrogen (secondary N) is 1. The number of hydrogen-bond acceptors (Lipinski definition) is 6. The number of benzene rings is 1. The highest BCUT2D eigenvalue weighted by Crippen LogP contribution is 2.22. The Morgan fingerprint density at radius 1 is 1.12 bits per heavy atom. The van der Waals surface area contributed by atoms with Crippen LogP contribution in [0, 0.1) is 0 Å². The molecule has 0 aliphatic carbocycles. The van der Waals surface area contributed by atoms with Gasteiger partial charge in [-0.25, -0.2) is 9.97 Å². The summed E-state index contributed by atoms with van der Waals surface area (Å²) in [5.41, 5.74) is 0.696. The van der Waals surface area contributed by atoms with Gasteiger partial charge in [0, 0.05) is 38.6 Å². The Kier molecular flexibility index (Phi) is 5.22. The summed E-state index contributed by atoms with van der Waals surface area (Å²) in [4.78, 5) is 25.0. The minimum absolute atomic E-state index is 0.0380. The quantitative estimate of drug-likeness (QED) is 0.891. The molecule has 1 N–H and O–H groups in total. The summed E-state index contributed by atoms with van der Waals surface area (Å²) in [6.45, 7) is 3.59. The molecule has 1 aliphatic rings. The number of methoxy groups -OCH3 is 1. The van der Waals surface area contributed by atoms with Gasteiger partial charge in [-0.2, -0.15) is 0 Å². The first-order valence-electron chi connectivity index (χ1n) is 7.93. The van der Waals surface area contributed by atoms with Crippen molar-refractivity contribution >= 4 is 17.5 Å². The lowest BCUT2D eigenvalue weighted by atomic mass is 10.3. The molecule has 0 unspecified atom stereocenters. The normalized spacial score (nSPS) is 15.1. The largest absolute Gasteiger partial charge is 0.495 e. The molecule has 1 aliphatic heterocycles. The van der Waals surface area contributed by atoms with Crippen LogP contribution in [0.25, 0.3) is 0 Å². The Morgan fingerprint density at radius 2 is 1.83 bits per heavy atom. The molecule has 0 bridgehead atoms. The fraction of sp³-hybridized carbons (Fsp3) is 0.353. The van der Waals surface area contributed by atoms with Crippen molar-refractivity contribution in [3.05, 3.63) is 42.7 Å². The van der Waals surface area contributed by atoms with Crippen molar-refractivity contribution in [2.75, 3.05) is 50.1 Å². The Labute approximate surface area is 141 Å². The Balaban J connectivity index is 1.50. The van der Waals surface area contributed by atoms with E-state index in [-0.39, 0.29) is 5.91 Å². The van der Waals surface area contributed by atoms with Gasteiger partial charge in [0.2, 0.25) is 11.9 Å². The van der Waals surface area contributed by atoms with Crippen molar-refractivity contribution < 1.29 is 9.53 Å². The van der Waals surface area contributed by atoms with Gasteiger partial charge in [0.1, 0.15) is 5.75 Å². The van der Waals surface area contributed by atoms with Crippen molar-refractivity contribution in [2.24, 2.45) is 0 Å². The summed E-state index contributed by atoms with van der Waals surface area (Å²) in [7, 11) is 1.59. The van der Waals surface area contributed by atoms with Crippen LogP contribution in [0.2, 0.25) is 0 Å². The van der Waals surface area contributed by atoms with Crippen molar-refractivity contribution in [3.8, 4) is 5.75 Å². The molecule has 2 heterocycles. The summed E-state index contributed by atoms with van der Waals surface area (Å²) in [6.07, 6.45) is 3.49. The fourth-order valence-electron chi connectivity index (χ4n) is 2.70. The highest BCUT2D eigenvalue weighted by molar-refractivity contribution is 5.93. The smallest absolute Gasteiger partial charge is 0.238 e. The van der Waals surface area contributed by atoms with Gasteiger partial charge in [-0.3, -0.25) is 9.69 Å². The van der Waals surface area contributed by atoms with Gasteiger partial charge in [0.25, 0.3) is 0 Å². The molecule has 7 heteroatoms. The predicted molar refractivity (Wildman–Crippen MR) is 92.3 cm³/mol. The van der Waals surface area contributed by atoms with E-state index in [0.717, 1.165) is 32.1 Å². The molecule has 0 radical (unpaired) electrons. The van der Waals surface area contributed by atoms with Crippen molar-refractivity contribution in [3.63, 3.8) is 0 Å². The number of anilines is 2. The number of carbonyl (C=O) groups is 1. The van der Waals surface area contributed by atoms with E-state index >= 15 is 0 Å². The third-order valence-corrected chi connectivity index (χ3v) is 3.96. The minimum Gasteiger partial charge on any atom is -0.495 e. The number of carbonyl (C=O) groups excluding carboxylic acids is 1. The number of piperazine rings is 1. The summed E-state index contributed by atoms with van der Waals surface area (Å²) in [5, 5.41) is 2.91. The van der Waals surface area contributed by atoms with E-state index in [9.17, 15) is 4.79 Å². The molecular weight excluding hydrogens is 306 g/mol. The second kappa shape index (κ2) is 7.74. The second-order valence-corrected chi connectivity index (χ2v) is 5.56. The van der Waals surface area contributed by atoms with Crippen LogP contribution < -0.4 is 15.0 Å². The highest BCUT2D eigenvalue weighted by Gasteiger charge is 2.20. The summed E-state index contributed by atoms with van der Waals surface area (Å²) in [6, 6.07) is 9.22. The number of hydrogen-bond donors (Lipinski definition) is 1. The van der Waals surface area contributed by atoms with E-state index in [4.69, 9.17) is 4.74 Å². The van der Waals surface area contributed by atoms with Crippen molar-refractivity contribution in [1.82, 2.24) is 14.9 Å². The SMILES string of the molecule is COc1ccccc1NC(=O)CN1CCN(c2ncccn2)CC1. The first kappa shape index (κ1) is 16.2. The molecule has 7 nitrogen and oxygen atoms in total. The fourth-order valence-corrected chi connectivity index (χ4v) is 2.70. The maximum absolute atomic E-state index is 12.3. The van der Waals surface area contributed by atoms with E-state index < -0.39 is 0 Å². The maximum atomic E-state index is 12.3. The molecule has 1 amide bonds. The third-order valence-electron chi connectivity index (χ3n) is 3.96. The third kappa shape index (κ3) is 3.99. The van der Waals surface area contributed by atoms with Gasteiger partial charge < -0.3 is 15.0 Å². The molecular formula is C17H21N5O2. The van der Waals surface area contributed by atoms with Crippen LogP contribution >= 0.6 is 0 Å². The zero-order valence-corrected chi connectivity index (χ0v) is 13.7. The summed E-state index contributed by atoms with van der Waals surface area (Å²) < 4.78 is 5.25. The Hall–Kier alpha value is -2.67. The first-order valence-corrected chi connectivity index (χ1v) is 7.93. The van der Waals surface area contributed by atoms with Gasteiger partial charge >= 0.3 is 0 Å². The number of para-hydroxylation sites is 2. The summed E-state index contributed by atoms with van der Waals surface area (Å²) in [5.74, 6) is 1.37.